The minimum atomic E-state index is -1.16. The molecule has 1 aromatic rings. The Morgan fingerprint density at radius 1 is 1.10 bits per heavy atom. The molecule has 0 aromatic heterocycles. The summed E-state index contributed by atoms with van der Waals surface area (Å²) in [5.74, 6) is -0.667. The lowest BCUT2D eigenvalue weighted by Crippen LogP contribution is -2.45. The first-order chi connectivity index (χ1) is 9.29. The van der Waals surface area contributed by atoms with Crippen LogP contribution in [0, 0.1) is 5.41 Å². The van der Waals surface area contributed by atoms with Gasteiger partial charge in [-0.1, -0.05) is 23.2 Å². The van der Waals surface area contributed by atoms with E-state index in [-0.39, 0.29) is 11.9 Å². The Bertz CT molecular complexity index is 534. The highest BCUT2D eigenvalue weighted by Gasteiger charge is 2.38. The Morgan fingerprint density at radius 3 is 2.15 bits per heavy atom. The Hall–Kier alpha value is -1.26. The second-order valence-corrected chi connectivity index (χ2v) is 6.36. The monoisotopic (exact) mass is 314 g/mol. The van der Waals surface area contributed by atoms with E-state index in [9.17, 15) is 9.59 Å². The lowest BCUT2D eigenvalue weighted by Gasteiger charge is -2.22. The number of benzene rings is 1. The fourth-order valence-corrected chi connectivity index (χ4v) is 2.14. The summed E-state index contributed by atoms with van der Waals surface area (Å²) in [6.45, 7) is 3.18. The molecular formula is C14H16Cl2N2O2. The molecule has 2 amide bonds. The molecule has 0 bridgehead atoms. The van der Waals surface area contributed by atoms with Crippen LogP contribution in [0.1, 0.15) is 26.7 Å². The molecule has 0 heterocycles. The number of nitrogens with one attached hydrogen (secondary N) is 2. The zero-order valence-corrected chi connectivity index (χ0v) is 12.8. The molecule has 0 radical (unpaired) electrons. The first-order valence-corrected chi connectivity index (χ1v) is 7.13. The van der Waals surface area contributed by atoms with Crippen LogP contribution in [0.4, 0.5) is 5.69 Å². The Balaban J connectivity index is 2.07. The van der Waals surface area contributed by atoms with Crippen LogP contribution in [0.25, 0.3) is 0 Å². The molecule has 0 atom stereocenters. The Kier molecular flexibility index (Phi) is 4.25. The fraction of sp³-hybridized carbons (Fsp3) is 0.429. The molecule has 2 N–H and O–H groups in total. The van der Waals surface area contributed by atoms with E-state index in [1.165, 1.54) is 0 Å². The number of carbonyl (C=O) groups excluding carboxylic acids is 2. The number of hydrogen-bond acceptors (Lipinski definition) is 2. The maximum absolute atomic E-state index is 12.2. The van der Waals surface area contributed by atoms with Gasteiger partial charge in [0, 0.05) is 21.8 Å². The predicted molar refractivity (Wildman–Crippen MR) is 80.0 cm³/mol. The van der Waals surface area contributed by atoms with E-state index in [1.807, 2.05) is 0 Å². The third-order valence-electron chi connectivity index (χ3n) is 3.17. The van der Waals surface area contributed by atoms with Gasteiger partial charge in [0.1, 0.15) is 5.41 Å². The van der Waals surface area contributed by atoms with Gasteiger partial charge in [0.2, 0.25) is 11.8 Å². The highest BCUT2D eigenvalue weighted by molar-refractivity contribution is 6.35. The number of hydrogen-bond donors (Lipinski definition) is 2. The maximum Gasteiger partial charge on any atom is 0.239 e. The molecule has 20 heavy (non-hydrogen) atoms. The van der Waals surface area contributed by atoms with Gasteiger partial charge in [0.15, 0.2) is 0 Å². The van der Waals surface area contributed by atoms with Gasteiger partial charge in [0.05, 0.1) is 0 Å². The molecule has 0 aliphatic heterocycles. The second kappa shape index (κ2) is 5.62. The summed E-state index contributed by atoms with van der Waals surface area (Å²) in [6.07, 6.45) is 1.96. The number of halogens is 2. The molecule has 0 saturated heterocycles. The van der Waals surface area contributed by atoms with Crippen LogP contribution in [0.5, 0.6) is 0 Å². The number of carbonyl (C=O) groups is 2. The second-order valence-electron chi connectivity index (χ2n) is 5.48. The van der Waals surface area contributed by atoms with Crippen molar-refractivity contribution < 1.29 is 9.59 Å². The van der Waals surface area contributed by atoms with Crippen molar-refractivity contribution in [1.82, 2.24) is 5.32 Å². The van der Waals surface area contributed by atoms with Gasteiger partial charge in [-0.05, 0) is 44.9 Å². The third kappa shape index (κ3) is 3.64. The summed E-state index contributed by atoms with van der Waals surface area (Å²) in [6, 6.07) is 4.96. The summed E-state index contributed by atoms with van der Waals surface area (Å²) in [7, 11) is 0. The molecule has 1 aromatic carbocycles. The van der Waals surface area contributed by atoms with Gasteiger partial charge in [-0.15, -0.1) is 0 Å². The van der Waals surface area contributed by atoms with Gasteiger partial charge in [-0.2, -0.15) is 0 Å². The van der Waals surface area contributed by atoms with Crippen LogP contribution >= 0.6 is 23.2 Å². The molecular weight excluding hydrogens is 299 g/mol. The molecule has 4 nitrogen and oxygen atoms in total. The van der Waals surface area contributed by atoms with E-state index in [1.54, 1.807) is 32.0 Å². The van der Waals surface area contributed by atoms with Crippen LogP contribution in [-0.2, 0) is 9.59 Å². The van der Waals surface area contributed by atoms with E-state index < -0.39 is 11.3 Å². The quantitative estimate of drug-likeness (QED) is 0.838. The highest BCUT2D eigenvalue weighted by atomic mass is 35.5. The van der Waals surface area contributed by atoms with Gasteiger partial charge in [-0.25, -0.2) is 0 Å². The van der Waals surface area contributed by atoms with E-state index >= 15 is 0 Å². The minimum Gasteiger partial charge on any atom is -0.352 e. The van der Waals surface area contributed by atoms with Gasteiger partial charge < -0.3 is 10.6 Å². The number of anilines is 1. The minimum absolute atomic E-state index is 0.218. The normalized spacial score (nSPS) is 14.8. The summed E-state index contributed by atoms with van der Waals surface area (Å²) in [4.78, 5) is 24.3. The molecule has 2 rings (SSSR count). The highest BCUT2D eigenvalue weighted by Crippen LogP contribution is 2.26. The molecule has 1 fully saturated rings. The van der Waals surface area contributed by atoms with Crippen molar-refractivity contribution in [3.63, 3.8) is 0 Å². The van der Waals surface area contributed by atoms with Crippen LogP contribution in [0.15, 0.2) is 18.2 Å². The summed E-state index contributed by atoms with van der Waals surface area (Å²) in [5, 5.41) is 6.35. The standard InChI is InChI=1S/C14H16Cl2N2O2/c1-14(2,12(19)17-10-3-4-10)13(20)18-11-6-8(15)5-9(16)7-11/h5-7,10H,3-4H2,1-2H3,(H,17,19)(H,18,20). The fourth-order valence-electron chi connectivity index (χ4n) is 1.61. The molecule has 1 saturated carbocycles. The predicted octanol–water partition coefficient (Wildman–Crippen LogP) is 3.24. The van der Waals surface area contributed by atoms with Crippen molar-refractivity contribution in [1.29, 1.82) is 0 Å². The van der Waals surface area contributed by atoms with Crippen molar-refractivity contribution in [2.45, 2.75) is 32.7 Å². The molecule has 6 heteroatoms. The van der Waals surface area contributed by atoms with Crippen LogP contribution in [0.3, 0.4) is 0 Å². The number of rotatable bonds is 4. The van der Waals surface area contributed by atoms with E-state index in [4.69, 9.17) is 23.2 Å². The summed E-state index contributed by atoms with van der Waals surface area (Å²) in [5.41, 5.74) is -0.683. The van der Waals surface area contributed by atoms with E-state index in [0.717, 1.165) is 12.8 Å². The van der Waals surface area contributed by atoms with Gasteiger partial charge in [0.25, 0.3) is 0 Å². The van der Waals surface area contributed by atoms with Gasteiger partial charge >= 0.3 is 0 Å². The van der Waals surface area contributed by atoms with Crippen molar-refractivity contribution in [3.05, 3.63) is 28.2 Å². The topological polar surface area (TPSA) is 58.2 Å². The summed E-state index contributed by atoms with van der Waals surface area (Å²) >= 11 is 11.7. The SMILES string of the molecule is CC(C)(C(=O)Nc1cc(Cl)cc(Cl)c1)C(=O)NC1CC1. The Labute approximate surface area is 127 Å². The zero-order valence-electron chi connectivity index (χ0n) is 11.3. The van der Waals surface area contributed by atoms with Crippen LogP contribution in [-0.4, -0.2) is 17.9 Å². The van der Waals surface area contributed by atoms with Gasteiger partial charge in [-0.3, -0.25) is 9.59 Å². The number of amides is 2. The Morgan fingerprint density at radius 2 is 1.65 bits per heavy atom. The van der Waals surface area contributed by atoms with Crippen molar-refractivity contribution in [2.24, 2.45) is 5.41 Å². The van der Waals surface area contributed by atoms with Crippen molar-refractivity contribution in [2.75, 3.05) is 5.32 Å². The molecule has 0 spiro atoms. The van der Waals surface area contributed by atoms with E-state index in [0.29, 0.717) is 15.7 Å². The van der Waals surface area contributed by atoms with E-state index in [2.05, 4.69) is 10.6 Å². The first kappa shape index (κ1) is 15.1. The first-order valence-electron chi connectivity index (χ1n) is 6.37. The molecule has 1 aliphatic carbocycles. The average Bonchev–Trinajstić information content (AvgIpc) is 3.11. The van der Waals surface area contributed by atoms with Crippen LogP contribution in [0.2, 0.25) is 10.0 Å². The molecule has 0 unspecified atom stereocenters. The van der Waals surface area contributed by atoms with Crippen molar-refractivity contribution in [3.8, 4) is 0 Å². The largest absolute Gasteiger partial charge is 0.352 e. The van der Waals surface area contributed by atoms with Crippen molar-refractivity contribution >= 4 is 40.7 Å². The zero-order chi connectivity index (χ0) is 14.9. The maximum atomic E-state index is 12.2. The molecule has 1 aliphatic rings. The average molecular weight is 315 g/mol. The third-order valence-corrected chi connectivity index (χ3v) is 3.60. The molecule has 108 valence electrons. The summed E-state index contributed by atoms with van der Waals surface area (Å²) < 4.78 is 0. The van der Waals surface area contributed by atoms with Crippen LogP contribution < -0.4 is 10.6 Å². The lowest BCUT2D eigenvalue weighted by atomic mass is 9.91. The lowest BCUT2D eigenvalue weighted by molar-refractivity contribution is -0.138. The smallest absolute Gasteiger partial charge is 0.239 e.